The molecule has 4 heterocycles. The molecule has 2 atom stereocenters. The van der Waals surface area contributed by atoms with Gasteiger partial charge in [0.2, 0.25) is 11.8 Å². The van der Waals surface area contributed by atoms with Crippen LogP contribution >= 0.6 is 0 Å². The van der Waals surface area contributed by atoms with Crippen LogP contribution in [0.5, 0.6) is 0 Å². The van der Waals surface area contributed by atoms with E-state index in [-0.39, 0.29) is 17.7 Å². The van der Waals surface area contributed by atoms with Crippen LogP contribution in [-0.4, -0.2) is 71.8 Å². The second kappa shape index (κ2) is 8.83. The van der Waals surface area contributed by atoms with Gasteiger partial charge >= 0.3 is 0 Å². The summed E-state index contributed by atoms with van der Waals surface area (Å²) in [5, 5.41) is 11.6. The lowest BCUT2D eigenvalue weighted by atomic mass is 9.92. The smallest absolute Gasteiger partial charge is 0.235 e. The average Bonchev–Trinajstić information content (AvgIpc) is 3.11. The van der Waals surface area contributed by atoms with E-state index in [1.807, 2.05) is 11.7 Å². The van der Waals surface area contributed by atoms with Crippen LogP contribution in [0, 0.1) is 5.92 Å². The number of carbonyl (C=O) groups is 2. The van der Waals surface area contributed by atoms with Crippen LogP contribution < -0.4 is 15.5 Å². The number of benzene rings is 1. The molecule has 2 aromatic rings. The molecule has 2 N–H and O–H groups in total. The van der Waals surface area contributed by atoms with E-state index in [2.05, 4.69) is 50.7 Å². The summed E-state index contributed by atoms with van der Waals surface area (Å²) in [6, 6.07) is 6.99. The molecule has 2 amide bonds. The first-order valence-corrected chi connectivity index (χ1v) is 12.0. The van der Waals surface area contributed by atoms with Crippen molar-refractivity contribution < 1.29 is 9.59 Å². The molecule has 0 spiro atoms. The Bertz CT molecular complexity index is 1010. The lowest BCUT2D eigenvalue weighted by Crippen LogP contribution is -2.53. The number of nitrogens with zero attached hydrogens (tertiary/aromatic N) is 4. The fraction of sp³-hybridized carbons (Fsp3) is 0.625. The molecule has 172 valence electrons. The van der Waals surface area contributed by atoms with Crippen molar-refractivity contribution in [2.24, 2.45) is 13.0 Å². The molecular weight excluding hydrogens is 404 g/mol. The molecule has 0 saturated carbocycles. The third-order valence-electron chi connectivity index (χ3n) is 7.51. The van der Waals surface area contributed by atoms with Gasteiger partial charge in [0.15, 0.2) is 0 Å². The summed E-state index contributed by atoms with van der Waals surface area (Å²) in [6.07, 6.45) is 3.47. The van der Waals surface area contributed by atoms with Crippen molar-refractivity contribution in [2.75, 3.05) is 44.2 Å². The number of carbonyl (C=O) groups excluding carboxylic acids is 2. The summed E-state index contributed by atoms with van der Waals surface area (Å²) in [5.41, 5.74) is 3.02. The van der Waals surface area contributed by atoms with E-state index < -0.39 is 0 Å². The van der Waals surface area contributed by atoms with Gasteiger partial charge in [-0.2, -0.15) is 5.10 Å². The highest BCUT2D eigenvalue weighted by Crippen LogP contribution is 2.32. The molecule has 32 heavy (non-hydrogen) atoms. The average molecular weight is 439 g/mol. The number of anilines is 1. The van der Waals surface area contributed by atoms with Crippen molar-refractivity contribution in [3.63, 3.8) is 0 Å². The van der Waals surface area contributed by atoms with Crippen LogP contribution in [0.4, 0.5) is 5.69 Å². The summed E-state index contributed by atoms with van der Waals surface area (Å²) in [6.45, 7) is 9.02. The quantitative estimate of drug-likeness (QED) is 0.706. The van der Waals surface area contributed by atoms with Crippen molar-refractivity contribution in [3.8, 4) is 0 Å². The van der Waals surface area contributed by atoms with Gasteiger partial charge in [-0.25, -0.2) is 0 Å². The molecule has 0 bridgehead atoms. The molecule has 1 aromatic carbocycles. The van der Waals surface area contributed by atoms with Crippen LogP contribution in [0.2, 0.25) is 0 Å². The summed E-state index contributed by atoms with van der Waals surface area (Å²) in [7, 11) is 1.93. The molecule has 3 aliphatic rings. The van der Waals surface area contributed by atoms with Crippen LogP contribution in [0.25, 0.3) is 10.9 Å². The molecule has 5 rings (SSSR count). The van der Waals surface area contributed by atoms with Gasteiger partial charge in [0, 0.05) is 56.8 Å². The Balaban J connectivity index is 1.31. The fourth-order valence-corrected chi connectivity index (χ4v) is 5.58. The number of nitrogens with one attached hydrogen (secondary N) is 2. The molecule has 3 aliphatic heterocycles. The van der Waals surface area contributed by atoms with E-state index in [4.69, 9.17) is 0 Å². The van der Waals surface area contributed by atoms with E-state index in [0.29, 0.717) is 18.9 Å². The number of hydrogen-bond donors (Lipinski definition) is 2. The molecule has 1 unspecified atom stereocenters. The number of rotatable bonds is 4. The van der Waals surface area contributed by atoms with Gasteiger partial charge in [-0.3, -0.25) is 24.5 Å². The molecular formula is C24H34N6O2. The van der Waals surface area contributed by atoms with Crippen LogP contribution in [0.1, 0.15) is 44.2 Å². The summed E-state index contributed by atoms with van der Waals surface area (Å²) >= 11 is 0. The van der Waals surface area contributed by atoms with Crippen LogP contribution in [-0.2, 0) is 16.6 Å². The van der Waals surface area contributed by atoms with E-state index in [1.165, 1.54) is 25.1 Å². The molecule has 8 nitrogen and oxygen atoms in total. The summed E-state index contributed by atoms with van der Waals surface area (Å²) < 4.78 is 1.87. The maximum Gasteiger partial charge on any atom is 0.235 e. The topological polar surface area (TPSA) is 82.5 Å². The highest BCUT2D eigenvalue weighted by molar-refractivity contribution is 6.02. The fourth-order valence-electron chi connectivity index (χ4n) is 5.58. The maximum absolute atomic E-state index is 12.4. The van der Waals surface area contributed by atoms with Gasteiger partial charge in [0.1, 0.15) is 0 Å². The second-order valence-corrected chi connectivity index (χ2v) is 9.70. The number of imide groups is 1. The van der Waals surface area contributed by atoms with Crippen LogP contribution in [0.15, 0.2) is 18.2 Å². The maximum atomic E-state index is 12.4. The van der Waals surface area contributed by atoms with Crippen molar-refractivity contribution in [1.82, 2.24) is 25.3 Å². The minimum Gasteiger partial charge on any atom is -0.369 e. The Morgan fingerprint density at radius 1 is 1.12 bits per heavy atom. The lowest BCUT2D eigenvalue weighted by Gasteiger charge is -2.42. The largest absolute Gasteiger partial charge is 0.369 e. The van der Waals surface area contributed by atoms with Crippen molar-refractivity contribution in [1.29, 1.82) is 0 Å². The highest BCUT2D eigenvalue weighted by Gasteiger charge is 2.32. The van der Waals surface area contributed by atoms with Gasteiger partial charge in [0.05, 0.1) is 17.1 Å². The Kier molecular flexibility index (Phi) is 5.90. The minimum atomic E-state index is -0.360. The van der Waals surface area contributed by atoms with E-state index in [9.17, 15) is 9.59 Å². The molecule has 3 saturated heterocycles. The predicted octanol–water partition coefficient (Wildman–Crippen LogP) is 1.60. The zero-order valence-corrected chi connectivity index (χ0v) is 19.1. The van der Waals surface area contributed by atoms with Crippen molar-refractivity contribution in [2.45, 2.75) is 44.6 Å². The van der Waals surface area contributed by atoms with Gasteiger partial charge in [0.25, 0.3) is 0 Å². The number of piperidine rings is 2. The first-order valence-electron chi connectivity index (χ1n) is 12.0. The highest BCUT2D eigenvalue weighted by atomic mass is 16.2. The SMILES string of the molecule is C[C@@H]1CN(c2ccc3c(C4CCC(=O)NC4=O)nn(C)c3c2)CCN1CC1CCNCC1. The number of aryl methyl sites for hydroxylation is 1. The van der Waals surface area contributed by atoms with E-state index in [1.54, 1.807) is 0 Å². The lowest BCUT2D eigenvalue weighted by molar-refractivity contribution is -0.134. The molecule has 0 aliphatic carbocycles. The third-order valence-corrected chi connectivity index (χ3v) is 7.51. The monoisotopic (exact) mass is 438 g/mol. The zero-order chi connectivity index (χ0) is 22.2. The van der Waals surface area contributed by atoms with Crippen LogP contribution in [0.3, 0.4) is 0 Å². The molecule has 3 fully saturated rings. The number of amides is 2. The van der Waals surface area contributed by atoms with Gasteiger partial charge in [-0.05, 0) is 63.4 Å². The number of aromatic nitrogens is 2. The molecule has 1 aromatic heterocycles. The second-order valence-electron chi connectivity index (χ2n) is 9.70. The van der Waals surface area contributed by atoms with E-state index in [0.717, 1.165) is 55.2 Å². The minimum absolute atomic E-state index is 0.192. The predicted molar refractivity (Wildman–Crippen MR) is 125 cm³/mol. The Labute approximate surface area is 189 Å². The first kappa shape index (κ1) is 21.4. The Morgan fingerprint density at radius 2 is 1.94 bits per heavy atom. The zero-order valence-electron chi connectivity index (χ0n) is 19.1. The first-order chi connectivity index (χ1) is 15.5. The normalized spacial score (nSPS) is 26.0. The Hall–Kier alpha value is -2.45. The number of hydrogen-bond acceptors (Lipinski definition) is 6. The number of fused-ring (bicyclic) bond motifs is 1. The van der Waals surface area contributed by atoms with Gasteiger partial charge in [-0.15, -0.1) is 0 Å². The molecule has 8 heteroatoms. The van der Waals surface area contributed by atoms with Crippen molar-refractivity contribution in [3.05, 3.63) is 23.9 Å². The van der Waals surface area contributed by atoms with Gasteiger partial charge in [-0.1, -0.05) is 0 Å². The third kappa shape index (κ3) is 4.13. The Morgan fingerprint density at radius 3 is 2.69 bits per heavy atom. The molecule has 0 radical (unpaired) electrons. The number of piperazine rings is 1. The van der Waals surface area contributed by atoms with E-state index >= 15 is 0 Å². The summed E-state index contributed by atoms with van der Waals surface area (Å²) in [4.78, 5) is 29.1. The van der Waals surface area contributed by atoms with Crippen molar-refractivity contribution >= 4 is 28.4 Å². The summed E-state index contributed by atoms with van der Waals surface area (Å²) in [5.74, 6) is 0.0359. The van der Waals surface area contributed by atoms with Gasteiger partial charge < -0.3 is 10.2 Å². The standard InChI is InChI=1S/C24H34N6O2/c1-16-14-30(12-11-29(16)15-17-7-9-25-10-8-17)18-3-4-19-21(13-18)28(2)27-23(19)20-5-6-22(31)26-24(20)32/h3-4,13,16-17,20,25H,5-12,14-15H2,1-2H3,(H,26,31,32)/t16-,20?/m1/s1.